The summed E-state index contributed by atoms with van der Waals surface area (Å²) in [5.74, 6) is -0.306. The summed E-state index contributed by atoms with van der Waals surface area (Å²) in [6.45, 7) is 0.148. The van der Waals surface area contributed by atoms with Crippen molar-refractivity contribution in [3.05, 3.63) is 87.7 Å². The minimum absolute atomic E-state index is 0.149. The van der Waals surface area contributed by atoms with E-state index in [1.54, 1.807) is 12.1 Å². The third kappa shape index (κ3) is 4.33. The summed E-state index contributed by atoms with van der Waals surface area (Å²) in [5, 5.41) is 7.61. The first-order valence-corrected chi connectivity index (χ1v) is 8.15. The molecule has 1 aromatic heterocycles. The topological polar surface area (TPSA) is 64.0 Å². The van der Waals surface area contributed by atoms with Gasteiger partial charge in [-0.3, -0.25) is 9.59 Å². The number of hydrogen-bond donors (Lipinski definition) is 1. The minimum Gasteiger partial charge on any atom is -0.350 e. The van der Waals surface area contributed by atoms with Crippen LogP contribution in [-0.4, -0.2) is 15.7 Å². The summed E-state index contributed by atoms with van der Waals surface area (Å²) in [7, 11) is 0. The van der Waals surface area contributed by atoms with Gasteiger partial charge in [0.25, 0.3) is 5.56 Å². The largest absolute Gasteiger partial charge is 0.350 e. The molecule has 6 heteroatoms. The quantitative estimate of drug-likeness (QED) is 0.767. The molecule has 0 radical (unpaired) electrons. The van der Waals surface area contributed by atoms with E-state index in [2.05, 4.69) is 10.4 Å². The average Bonchev–Trinajstić information content (AvgIpc) is 2.63. The Labute approximate surface area is 149 Å². The third-order valence-electron chi connectivity index (χ3n) is 3.66. The molecule has 25 heavy (non-hydrogen) atoms. The molecule has 0 atom stereocenters. The number of carbonyl (C=O) groups is 1. The highest BCUT2D eigenvalue weighted by molar-refractivity contribution is 6.31. The Morgan fingerprint density at radius 1 is 1.00 bits per heavy atom. The summed E-state index contributed by atoms with van der Waals surface area (Å²) in [6.07, 6.45) is 0. The van der Waals surface area contributed by atoms with E-state index in [9.17, 15) is 9.59 Å². The molecule has 0 bridgehead atoms. The van der Waals surface area contributed by atoms with E-state index < -0.39 is 0 Å². The monoisotopic (exact) mass is 353 g/mol. The molecule has 2 aromatic carbocycles. The van der Waals surface area contributed by atoms with Crippen molar-refractivity contribution in [2.45, 2.75) is 13.1 Å². The van der Waals surface area contributed by atoms with Gasteiger partial charge in [0.1, 0.15) is 6.54 Å². The maximum Gasteiger partial charge on any atom is 0.267 e. The van der Waals surface area contributed by atoms with Crippen LogP contribution in [0.2, 0.25) is 5.02 Å². The van der Waals surface area contributed by atoms with Crippen molar-refractivity contribution in [2.75, 3.05) is 0 Å². The predicted octanol–water partition coefficient (Wildman–Crippen LogP) is 2.88. The Hall–Kier alpha value is -2.92. The molecule has 0 saturated carbocycles. The van der Waals surface area contributed by atoms with Crippen molar-refractivity contribution >= 4 is 17.5 Å². The molecule has 1 N–H and O–H groups in total. The molecule has 0 aliphatic heterocycles. The minimum atomic E-state index is -0.326. The van der Waals surface area contributed by atoms with E-state index in [0.29, 0.717) is 17.3 Å². The molecule has 1 heterocycles. The summed E-state index contributed by atoms with van der Waals surface area (Å²) in [6, 6.07) is 19.8. The average molecular weight is 354 g/mol. The van der Waals surface area contributed by atoms with Gasteiger partial charge in [0.2, 0.25) is 5.91 Å². The van der Waals surface area contributed by atoms with Crippen LogP contribution >= 0.6 is 11.6 Å². The zero-order valence-corrected chi connectivity index (χ0v) is 14.1. The van der Waals surface area contributed by atoms with Crippen molar-refractivity contribution in [3.8, 4) is 11.3 Å². The van der Waals surface area contributed by atoms with Gasteiger partial charge in [0, 0.05) is 23.2 Å². The number of nitrogens with one attached hydrogen (secondary N) is 1. The second kappa shape index (κ2) is 7.77. The van der Waals surface area contributed by atoms with Crippen LogP contribution in [0.15, 0.2) is 71.5 Å². The molecule has 0 unspecified atom stereocenters. The van der Waals surface area contributed by atoms with Gasteiger partial charge in [0.15, 0.2) is 0 Å². The lowest BCUT2D eigenvalue weighted by atomic mass is 10.1. The lowest BCUT2D eigenvalue weighted by Crippen LogP contribution is -2.33. The Morgan fingerprint density at radius 2 is 1.72 bits per heavy atom. The number of rotatable bonds is 5. The van der Waals surface area contributed by atoms with Gasteiger partial charge < -0.3 is 5.32 Å². The molecule has 1 amide bonds. The second-order valence-electron chi connectivity index (χ2n) is 5.45. The number of aromatic nitrogens is 2. The molecular weight excluding hydrogens is 338 g/mol. The smallest absolute Gasteiger partial charge is 0.267 e. The van der Waals surface area contributed by atoms with E-state index in [1.165, 1.54) is 6.07 Å². The van der Waals surface area contributed by atoms with Gasteiger partial charge in [-0.1, -0.05) is 60.1 Å². The fraction of sp³-hybridized carbons (Fsp3) is 0.105. The van der Waals surface area contributed by atoms with Gasteiger partial charge >= 0.3 is 0 Å². The molecule has 0 saturated heterocycles. The third-order valence-corrected chi connectivity index (χ3v) is 4.03. The van der Waals surface area contributed by atoms with E-state index in [1.807, 2.05) is 48.5 Å². The number of halogens is 1. The van der Waals surface area contributed by atoms with Crippen molar-refractivity contribution in [1.82, 2.24) is 15.1 Å². The van der Waals surface area contributed by atoms with Crippen LogP contribution < -0.4 is 10.9 Å². The van der Waals surface area contributed by atoms with Crippen LogP contribution in [0.5, 0.6) is 0 Å². The lowest BCUT2D eigenvalue weighted by Gasteiger charge is -2.09. The van der Waals surface area contributed by atoms with Crippen molar-refractivity contribution in [2.24, 2.45) is 0 Å². The van der Waals surface area contributed by atoms with Crippen LogP contribution in [0, 0.1) is 0 Å². The lowest BCUT2D eigenvalue weighted by molar-refractivity contribution is -0.122. The fourth-order valence-corrected chi connectivity index (χ4v) is 2.56. The zero-order chi connectivity index (χ0) is 17.6. The van der Waals surface area contributed by atoms with Crippen LogP contribution in [0.25, 0.3) is 11.3 Å². The van der Waals surface area contributed by atoms with E-state index in [0.717, 1.165) is 15.8 Å². The first-order valence-electron chi connectivity index (χ1n) is 7.77. The molecule has 3 aromatic rings. The highest BCUT2D eigenvalue weighted by atomic mass is 35.5. The highest BCUT2D eigenvalue weighted by Gasteiger charge is 2.08. The number of hydrogen-bond acceptors (Lipinski definition) is 3. The SMILES string of the molecule is O=C(Cn1nc(-c2ccccc2)ccc1=O)NCc1ccccc1Cl. The molecule has 3 rings (SSSR count). The Bertz CT molecular complexity index is 939. The van der Waals surface area contributed by atoms with Gasteiger partial charge in [0.05, 0.1) is 5.69 Å². The molecule has 0 aliphatic carbocycles. The molecule has 0 aliphatic rings. The number of nitrogens with zero attached hydrogens (tertiary/aromatic N) is 2. The zero-order valence-electron chi connectivity index (χ0n) is 13.4. The summed E-state index contributed by atoms with van der Waals surface area (Å²) in [5.41, 5.74) is 2.01. The Balaban J connectivity index is 1.71. The first-order chi connectivity index (χ1) is 12.1. The fourth-order valence-electron chi connectivity index (χ4n) is 2.35. The second-order valence-corrected chi connectivity index (χ2v) is 5.86. The van der Waals surface area contributed by atoms with Gasteiger partial charge in [-0.25, -0.2) is 4.68 Å². The number of benzene rings is 2. The standard InChI is InChI=1S/C19H16ClN3O2/c20-16-9-5-4-8-15(16)12-21-18(24)13-23-19(25)11-10-17(22-23)14-6-2-1-3-7-14/h1-11H,12-13H2,(H,21,24). The molecule has 5 nitrogen and oxygen atoms in total. The van der Waals surface area contributed by atoms with E-state index >= 15 is 0 Å². The maximum absolute atomic E-state index is 12.1. The summed E-state index contributed by atoms with van der Waals surface area (Å²) in [4.78, 5) is 24.1. The first kappa shape index (κ1) is 16.9. The van der Waals surface area contributed by atoms with Gasteiger partial charge in [-0.15, -0.1) is 0 Å². The van der Waals surface area contributed by atoms with Crippen molar-refractivity contribution in [3.63, 3.8) is 0 Å². The predicted molar refractivity (Wildman–Crippen MR) is 97.2 cm³/mol. The van der Waals surface area contributed by atoms with E-state index in [4.69, 9.17) is 11.6 Å². The van der Waals surface area contributed by atoms with Crippen LogP contribution in [0.4, 0.5) is 0 Å². The van der Waals surface area contributed by atoms with Gasteiger partial charge in [-0.05, 0) is 17.7 Å². The molecule has 126 valence electrons. The Kier molecular flexibility index (Phi) is 5.26. The van der Waals surface area contributed by atoms with Crippen molar-refractivity contribution in [1.29, 1.82) is 0 Å². The van der Waals surface area contributed by atoms with Gasteiger partial charge in [-0.2, -0.15) is 5.10 Å². The maximum atomic E-state index is 12.1. The molecular formula is C19H16ClN3O2. The van der Waals surface area contributed by atoms with Crippen molar-refractivity contribution < 1.29 is 4.79 Å². The number of amides is 1. The molecule has 0 spiro atoms. The highest BCUT2D eigenvalue weighted by Crippen LogP contribution is 2.15. The van der Waals surface area contributed by atoms with E-state index in [-0.39, 0.29) is 18.0 Å². The molecule has 0 fully saturated rings. The summed E-state index contributed by atoms with van der Waals surface area (Å²) < 4.78 is 1.16. The summed E-state index contributed by atoms with van der Waals surface area (Å²) >= 11 is 6.06. The number of carbonyl (C=O) groups excluding carboxylic acids is 1. The van der Waals surface area contributed by atoms with Crippen LogP contribution in [-0.2, 0) is 17.9 Å². The van der Waals surface area contributed by atoms with Crippen LogP contribution in [0.1, 0.15) is 5.56 Å². The Morgan fingerprint density at radius 3 is 2.48 bits per heavy atom. The van der Waals surface area contributed by atoms with Crippen LogP contribution in [0.3, 0.4) is 0 Å². The normalized spacial score (nSPS) is 10.4.